The summed E-state index contributed by atoms with van der Waals surface area (Å²) in [6.45, 7) is 2.66. The van der Waals surface area contributed by atoms with Gasteiger partial charge in [0.15, 0.2) is 5.16 Å². The molecule has 5 nitrogen and oxygen atoms in total. The molecular formula is C18H18N4OS. The number of carbonyl (C=O) groups excluding carboxylic acids is 1. The van der Waals surface area contributed by atoms with Crippen molar-refractivity contribution in [3.8, 4) is 0 Å². The number of hydrogen-bond acceptors (Lipinski definition) is 4. The summed E-state index contributed by atoms with van der Waals surface area (Å²) in [6, 6.07) is 13.6. The molecule has 0 aliphatic heterocycles. The van der Waals surface area contributed by atoms with E-state index in [0.717, 1.165) is 16.5 Å². The third-order valence-electron chi connectivity index (χ3n) is 3.40. The zero-order valence-electron chi connectivity index (χ0n) is 13.3. The summed E-state index contributed by atoms with van der Waals surface area (Å²) in [6.07, 6.45) is 5.41. The Morgan fingerprint density at radius 1 is 1.12 bits per heavy atom. The van der Waals surface area contributed by atoms with Crippen LogP contribution in [0, 0.1) is 6.92 Å². The first kappa shape index (κ1) is 16.3. The quantitative estimate of drug-likeness (QED) is 0.700. The molecule has 0 saturated heterocycles. The lowest BCUT2D eigenvalue weighted by atomic mass is 10.2. The van der Waals surface area contributed by atoms with Crippen LogP contribution in [0.1, 0.15) is 11.3 Å². The lowest BCUT2D eigenvalue weighted by Gasteiger charge is -2.08. The van der Waals surface area contributed by atoms with E-state index in [1.165, 1.54) is 17.3 Å². The minimum Gasteiger partial charge on any atom is -0.325 e. The van der Waals surface area contributed by atoms with Crippen molar-refractivity contribution in [1.29, 1.82) is 0 Å². The number of rotatable bonds is 6. The van der Waals surface area contributed by atoms with Crippen LogP contribution in [0.25, 0.3) is 0 Å². The van der Waals surface area contributed by atoms with E-state index in [-0.39, 0.29) is 5.91 Å². The molecule has 3 aromatic rings. The molecule has 0 fully saturated rings. The molecule has 0 saturated carbocycles. The number of nitrogens with zero attached hydrogens (tertiary/aromatic N) is 3. The van der Waals surface area contributed by atoms with E-state index in [4.69, 9.17) is 0 Å². The second-order valence-electron chi connectivity index (χ2n) is 5.36. The summed E-state index contributed by atoms with van der Waals surface area (Å²) < 4.78 is 1.99. The van der Waals surface area contributed by atoms with Crippen LogP contribution in [0.4, 0.5) is 5.69 Å². The Kier molecular flexibility index (Phi) is 5.28. The number of thioether (sulfide) groups is 1. The average Bonchev–Trinajstić information content (AvgIpc) is 3.03. The molecule has 0 aliphatic carbocycles. The predicted octanol–water partition coefficient (Wildman–Crippen LogP) is 3.37. The number of carbonyl (C=O) groups is 1. The molecule has 1 N–H and O–H groups in total. The van der Waals surface area contributed by atoms with Gasteiger partial charge in [0.1, 0.15) is 0 Å². The summed E-state index contributed by atoms with van der Waals surface area (Å²) >= 11 is 1.42. The van der Waals surface area contributed by atoms with E-state index < -0.39 is 0 Å². The van der Waals surface area contributed by atoms with E-state index in [9.17, 15) is 4.79 Å². The van der Waals surface area contributed by atoms with Gasteiger partial charge in [0.05, 0.1) is 18.0 Å². The van der Waals surface area contributed by atoms with Gasteiger partial charge in [-0.3, -0.25) is 9.78 Å². The third kappa shape index (κ3) is 4.45. The molecule has 0 radical (unpaired) electrons. The molecule has 6 heteroatoms. The molecule has 0 bridgehead atoms. The fourth-order valence-electron chi connectivity index (χ4n) is 2.19. The average molecular weight is 338 g/mol. The zero-order chi connectivity index (χ0) is 16.8. The van der Waals surface area contributed by atoms with Gasteiger partial charge in [0, 0.05) is 24.3 Å². The molecule has 0 aliphatic rings. The first-order valence-electron chi connectivity index (χ1n) is 7.61. The molecular weight excluding hydrogens is 320 g/mol. The molecule has 2 heterocycles. The number of amides is 1. The van der Waals surface area contributed by atoms with Gasteiger partial charge in [-0.1, -0.05) is 35.5 Å². The number of benzene rings is 1. The van der Waals surface area contributed by atoms with Gasteiger partial charge in [0.2, 0.25) is 5.91 Å². The SMILES string of the molecule is Cc1ccc(NC(=O)CSc2nccn2Cc2ccccn2)cc1. The molecule has 1 aromatic carbocycles. The largest absolute Gasteiger partial charge is 0.325 e. The Morgan fingerprint density at radius 2 is 1.96 bits per heavy atom. The summed E-state index contributed by atoms with van der Waals surface area (Å²) in [4.78, 5) is 20.7. The number of aromatic nitrogens is 3. The summed E-state index contributed by atoms with van der Waals surface area (Å²) in [7, 11) is 0. The maximum atomic E-state index is 12.1. The highest BCUT2D eigenvalue weighted by Crippen LogP contribution is 2.17. The minimum absolute atomic E-state index is 0.0451. The lowest BCUT2D eigenvalue weighted by molar-refractivity contribution is -0.113. The van der Waals surface area contributed by atoms with Crippen LogP contribution >= 0.6 is 11.8 Å². The number of pyridine rings is 1. The van der Waals surface area contributed by atoms with Gasteiger partial charge < -0.3 is 9.88 Å². The summed E-state index contributed by atoms with van der Waals surface area (Å²) in [5.74, 6) is 0.267. The molecule has 0 spiro atoms. The van der Waals surface area contributed by atoms with Gasteiger partial charge in [-0.15, -0.1) is 0 Å². The Morgan fingerprint density at radius 3 is 2.71 bits per heavy atom. The molecule has 1 amide bonds. The molecule has 2 aromatic heterocycles. The number of imidazole rings is 1. The molecule has 0 unspecified atom stereocenters. The van der Waals surface area contributed by atoms with Gasteiger partial charge in [-0.2, -0.15) is 0 Å². The van der Waals surface area contributed by atoms with E-state index in [1.54, 1.807) is 12.4 Å². The Hall–Kier alpha value is -2.60. The number of nitrogens with one attached hydrogen (secondary N) is 1. The van der Waals surface area contributed by atoms with Crippen LogP contribution in [0.15, 0.2) is 66.2 Å². The van der Waals surface area contributed by atoms with E-state index in [0.29, 0.717) is 12.3 Å². The minimum atomic E-state index is -0.0451. The summed E-state index contributed by atoms with van der Waals surface area (Å²) in [5.41, 5.74) is 2.93. The standard InChI is InChI=1S/C18H18N4OS/c1-14-5-7-15(8-6-14)21-17(23)13-24-18-20-10-11-22(18)12-16-4-2-3-9-19-16/h2-11H,12-13H2,1H3,(H,21,23). The second kappa shape index (κ2) is 7.79. The van der Waals surface area contributed by atoms with Crippen LogP contribution in [-0.2, 0) is 11.3 Å². The maximum absolute atomic E-state index is 12.1. The van der Waals surface area contributed by atoms with Crippen molar-refractivity contribution in [2.24, 2.45) is 0 Å². The first-order valence-corrected chi connectivity index (χ1v) is 8.59. The van der Waals surface area contributed by atoms with Crippen molar-refractivity contribution in [2.45, 2.75) is 18.6 Å². The van der Waals surface area contributed by atoms with Crippen molar-refractivity contribution in [3.05, 3.63) is 72.3 Å². The van der Waals surface area contributed by atoms with Crippen molar-refractivity contribution >= 4 is 23.4 Å². The molecule has 3 rings (SSSR count). The van der Waals surface area contributed by atoms with Crippen LogP contribution in [0.2, 0.25) is 0 Å². The molecule has 122 valence electrons. The van der Waals surface area contributed by atoms with Crippen molar-refractivity contribution in [1.82, 2.24) is 14.5 Å². The number of aryl methyl sites for hydroxylation is 1. The fourth-order valence-corrected chi connectivity index (χ4v) is 2.95. The van der Waals surface area contributed by atoms with Crippen LogP contribution in [-0.4, -0.2) is 26.2 Å². The van der Waals surface area contributed by atoms with Gasteiger partial charge in [-0.25, -0.2) is 4.98 Å². The van der Waals surface area contributed by atoms with Gasteiger partial charge in [-0.05, 0) is 31.2 Å². The zero-order valence-corrected chi connectivity index (χ0v) is 14.2. The highest BCUT2D eigenvalue weighted by molar-refractivity contribution is 7.99. The van der Waals surface area contributed by atoms with Crippen LogP contribution in [0.5, 0.6) is 0 Å². The maximum Gasteiger partial charge on any atom is 0.234 e. The normalized spacial score (nSPS) is 10.5. The summed E-state index contributed by atoms with van der Waals surface area (Å²) in [5, 5.41) is 3.70. The topological polar surface area (TPSA) is 59.8 Å². The van der Waals surface area contributed by atoms with E-state index in [1.807, 2.05) is 60.2 Å². The van der Waals surface area contributed by atoms with E-state index in [2.05, 4.69) is 15.3 Å². The fraction of sp³-hybridized carbons (Fsp3) is 0.167. The second-order valence-corrected chi connectivity index (χ2v) is 6.30. The number of hydrogen-bond donors (Lipinski definition) is 1. The lowest BCUT2D eigenvalue weighted by Crippen LogP contribution is -2.14. The van der Waals surface area contributed by atoms with Crippen LogP contribution in [0.3, 0.4) is 0 Å². The Balaban J connectivity index is 1.56. The third-order valence-corrected chi connectivity index (χ3v) is 4.41. The van der Waals surface area contributed by atoms with Crippen molar-refractivity contribution in [3.63, 3.8) is 0 Å². The highest BCUT2D eigenvalue weighted by Gasteiger charge is 2.09. The monoisotopic (exact) mass is 338 g/mol. The van der Waals surface area contributed by atoms with Crippen molar-refractivity contribution in [2.75, 3.05) is 11.1 Å². The first-order chi connectivity index (χ1) is 11.7. The Labute approximate surface area is 145 Å². The van der Waals surface area contributed by atoms with Gasteiger partial charge >= 0.3 is 0 Å². The predicted molar refractivity (Wildman–Crippen MR) is 96.1 cm³/mol. The smallest absolute Gasteiger partial charge is 0.234 e. The highest BCUT2D eigenvalue weighted by atomic mass is 32.2. The van der Waals surface area contributed by atoms with E-state index >= 15 is 0 Å². The van der Waals surface area contributed by atoms with Gasteiger partial charge in [0.25, 0.3) is 0 Å². The molecule has 24 heavy (non-hydrogen) atoms. The Bertz CT molecular complexity index is 799. The molecule has 0 atom stereocenters. The van der Waals surface area contributed by atoms with Crippen molar-refractivity contribution < 1.29 is 4.79 Å². The number of anilines is 1. The van der Waals surface area contributed by atoms with Crippen LogP contribution < -0.4 is 5.32 Å².